The van der Waals surface area contributed by atoms with Crippen molar-refractivity contribution in [1.82, 2.24) is 0 Å². The lowest BCUT2D eigenvalue weighted by Crippen LogP contribution is -2.02. The molecule has 0 saturated heterocycles. The van der Waals surface area contributed by atoms with Crippen LogP contribution in [0.4, 0.5) is 10.1 Å². The van der Waals surface area contributed by atoms with Crippen LogP contribution in [-0.2, 0) is 0 Å². The van der Waals surface area contributed by atoms with Gasteiger partial charge in [0.15, 0.2) is 0 Å². The molecule has 2 N–H and O–H groups in total. The Labute approximate surface area is 84.1 Å². The van der Waals surface area contributed by atoms with E-state index in [1.165, 1.54) is 0 Å². The Morgan fingerprint density at radius 2 is 2.00 bits per heavy atom. The summed E-state index contributed by atoms with van der Waals surface area (Å²) in [6.45, 7) is 4.09. The van der Waals surface area contributed by atoms with Crippen LogP contribution in [0.5, 0.6) is 0 Å². The Hall–Kier alpha value is -1.05. The maximum Gasteiger partial charge on any atom is 0.123 e. The minimum atomic E-state index is -0.148. The summed E-state index contributed by atoms with van der Waals surface area (Å²) in [6.07, 6.45) is 2.32. The number of hydrogen-bond acceptors (Lipinski definition) is 1. The van der Waals surface area contributed by atoms with Gasteiger partial charge in [-0.1, -0.05) is 13.8 Å². The van der Waals surface area contributed by atoms with Gasteiger partial charge in [-0.05, 0) is 47.9 Å². The molecule has 2 heteroatoms. The summed E-state index contributed by atoms with van der Waals surface area (Å²) >= 11 is 0. The largest absolute Gasteiger partial charge is 0.398 e. The Bertz CT molecular complexity index is 330. The van der Waals surface area contributed by atoms with Crippen molar-refractivity contribution < 1.29 is 4.39 Å². The van der Waals surface area contributed by atoms with Gasteiger partial charge in [-0.2, -0.15) is 0 Å². The van der Waals surface area contributed by atoms with E-state index in [2.05, 4.69) is 0 Å². The molecule has 1 aliphatic rings. The Morgan fingerprint density at radius 3 is 2.50 bits per heavy atom. The summed E-state index contributed by atoms with van der Waals surface area (Å²) in [7, 11) is 0. The summed E-state index contributed by atoms with van der Waals surface area (Å²) in [5.74, 6) is 0.663. The summed E-state index contributed by atoms with van der Waals surface area (Å²) in [4.78, 5) is 0. The van der Waals surface area contributed by atoms with Crippen LogP contribution in [0.1, 0.15) is 49.7 Å². The highest BCUT2D eigenvalue weighted by Crippen LogP contribution is 2.44. The van der Waals surface area contributed by atoms with Gasteiger partial charge in [-0.15, -0.1) is 0 Å². The molecule has 14 heavy (non-hydrogen) atoms. The Kier molecular flexibility index (Phi) is 2.22. The lowest BCUT2D eigenvalue weighted by atomic mass is 9.96. The molecule has 0 atom stereocenters. The molecule has 1 aromatic rings. The Balaban J connectivity index is 2.49. The average Bonchev–Trinajstić information content (AvgIpc) is 2.91. The molecular formula is C12H16FN. The summed E-state index contributed by atoms with van der Waals surface area (Å²) < 4.78 is 13.3. The minimum absolute atomic E-state index is 0.148. The number of nitrogens with two attached hydrogens (primary N) is 1. The van der Waals surface area contributed by atoms with Gasteiger partial charge in [0.2, 0.25) is 0 Å². The van der Waals surface area contributed by atoms with Crippen LogP contribution in [0.2, 0.25) is 0 Å². The maximum absolute atomic E-state index is 13.3. The van der Waals surface area contributed by atoms with Crippen molar-refractivity contribution >= 4 is 5.69 Å². The average molecular weight is 193 g/mol. The van der Waals surface area contributed by atoms with E-state index in [-0.39, 0.29) is 5.82 Å². The van der Waals surface area contributed by atoms with Crippen LogP contribution < -0.4 is 5.73 Å². The Morgan fingerprint density at radius 1 is 1.36 bits per heavy atom. The molecule has 76 valence electrons. The molecule has 0 spiro atoms. The molecule has 1 fully saturated rings. The van der Waals surface area contributed by atoms with E-state index >= 15 is 0 Å². The van der Waals surface area contributed by atoms with Crippen LogP contribution in [-0.4, -0.2) is 0 Å². The van der Waals surface area contributed by atoms with Crippen molar-refractivity contribution in [2.45, 2.75) is 38.5 Å². The highest BCUT2D eigenvalue weighted by Gasteiger charge is 2.27. The second-order valence-electron chi connectivity index (χ2n) is 4.43. The van der Waals surface area contributed by atoms with E-state index in [1.807, 2.05) is 13.8 Å². The SMILES string of the molecule is CC(C)c1cc(F)cc(C2CC2)c1N. The van der Waals surface area contributed by atoms with Gasteiger partial charge in [0.1, 0.15) is 5.82 Å². The fourth-order valence-electron chi connectivity index (χ4n) is 1.87. The topological polar surface area (TPSA) is 26.0 Å². The van der Waals surface area contributed by atoms with Crippen molar-refractivity contribution in [1.29, 1.82) is 0 Å². The van der Waals surface area contributed by atoms with Gasteiger partial charge in [0.05, 0.1) is 0 Å². The predicted molar refractivity (Wildman–Crippen MR) is 56.9 cm³/mol. The fraction of sp³-hybridized carbons (Fsp3) is 0.500. The zero-order valence-electron chi connectivity index (χ0n) is 8.68. The third-order valence-corrected chi connectivity index (χ3v) is 2.85. The first-order valence-electron chi connectivity index (χ1n) is 5.18. The van der Waals surface area contributed by atoms with Crippen molar-refractivity contribution in [2.24, 2.45) is 0 Å². The van der Waals surface area contributed by atoms with Crippen LogP contribution >= 0.6 is 0 Å². The molecule has 0 bridgehead atoms. The molecular weight excluding hydrogens is 177 g/mol. The van der Waals surface area contributed by atoms with E-state index in [0.717, 1.165) is 29.7 Å². The van der Waals surface area contributed by atoms with Gasteiger partial charge in [-0.3, -0.25) is 0 Å². The quantitative estimate of drug-likeness (QED) is 0.716. The number of hydrogen-bond donors (Lipinski definition) is 1. The first-order chi connectivity index (χ1) is 6.59. The fourth-order valence-corrected chi connectivity index (χ4v) is 1.87. The third kappa shape index (κ3) is 1.61. The second-order valence-corrected chi connectivity index (χ2v) is 4.43. The number of halogens is 1. The standard InChI is InChI=1S/C12H16FN/c1-7(2)10-5-9(13)6-11(12(10)14)8-3-4-8/h5-8H,3-4,14H2,1-2H3. The molecule has 0 aromatic heterocycles. The molecule has 0 radical (unpaired) electrons. The van der Waals surface area contributed by atoms with E-state index in [0.29, 0.717) is 11.8 Å². The molecule has 1 saturated carbocycles. The van der Waals surface area contributed by atoms with Crippen LogP contribution in [0.25, 0.3) is 0 Å². The van der Waals surface area contributed by atoms with E-state index in [4.69, 9.17) is 5.73 Å². The van der Waals surface area contributed by atoms with Crippen molar-refractivity contribution in [3.8, 4) is 0 Å². The molecule has 0 amide bonds. The maximum atomic E-state index is 13.3. The van der Waals surface area contributed by atoms with Gasteiger partial charge < -0.3 is 5.73 Å². The first-order valence-corrected chi connectivity index (χ1v) is 5.18. The van der Waals surface area contributed by atoms with Crippen LogP contribution in [0.15, 0.2) is 12.1 Å². The van der Waals surface area contributed by atoms with E-state index < -0.39 is 0 Å². The number of rotatable bonds is 2. The second kappa shape index (κ2) is 3.26. The number of benzene rings is 1. The summed E-state index contributed by atoms with van der Waals surface area (Å²) in [6, 6.07) is 3.16. The number of anilines is 1. The highest BCUT2D eigenvalue weighted by molar-refractivity contribution is 5.57. The molecule has 0 aliphatic heterocycles. The highest BCUT2D eigenvalue weighted by atomic mass is 19.1. The monoisotopic (exact) mass is 193 g/mol. The zero-order valence-corrected chi connectivity index (χ0v) is 8.68. The molecule has 2 rings (SSSR count). The molecule has 1 aliphatic carbocycles. The van der Waals surface area contributed by atoms with Crippen LogP contribution in [0.3, 0.4) is 0 Å². The smallest absolute Gasteiger partial charge is 0.123 e. The van der Waals surface area contributed by atoms with Gasteiger partial charge in [0, 0.05) is 5.69 Å². The molecule has 0 unspecified atom stereocenters. The van der Waals surface area contributed by atoms with Crippen molar-refractivity contribution in [3.05, 3.63) is 29.1 Å². The number of nitrogen functional groups attached to an aromatic ring is 1. The molecule has 1 aromatic carbocycles. The molecule has 0 heterocycles. The lowest BCUT2D eigenvalue weighted by Gasteiger charge is -2.13. The molecule has 1 nitrogen and oxygen atoms in total. The normalized spacial score (nSPS) is 16.3. The van der Waals surface area contributed by atoms with Crippen molar-refractivity contribution in [3.63, 3.8) is 0 Å². The third-order valence-electron chi connectivity index (χ3n) is 2.85. The first kappa shape index (κ1) is 9.50. The van der Waals surface area contributed by atoms with E-state index in [9.17, 15) is 4.39 Å². The summed E-state index contributed by atoms with van der Waals surface area (Å²) in [5, 5.41) is 0. The van der Waals surface area contributed by atoms with E-state index in [1.54, 1.807) is 12.1 Å². The van der Waals surface area contributed by atoms with Gasteiger partial charge in [-0.25, -0.2) is 4.39 Å². The summed E-state index contributed by atoms with van der Waals surface area (Å²) in [5.41, 5.74) is 8.81. The van der Waals surface area contributed by atoms with Gasteiger partial charge >= 0.3 is 0 Å². The predicted octanol–water partition coefficient (Wildman–Crippen LogP) is 3.41. The minimum Gasteiger partial charge on any atom is -0.398 e. The van der Waals surface area contributed by atoms with Gasteiger partial charge in [0.25, 0.3) is 0 Å². The zero-order chi connectivity index (χ0) is 10.3. The van der Waals surface area contributed by atoms with Crippen molar-refractivity contribution in [2.75, 3.05) is 5.73 Å². The van der Waals surface area contributed by atoms with Crippen LogP contribution in [0, 0.1) is 5.82 Å². The lowest BCUT2D eigenvalue weighted by molar-refractivity contribution is 0.621.